The lowest BCUT2D eigenvalue weighted by Crippen LogP contribution is -1.91. The van der Waals surface area contributed by atoms with Crippen molar-refractivity contribution in [2.24, 2.45) is 0 Å². The van der Waals surface area contributed by atoms with Crippen molar-refractivity contribution in [2.45, 2.75) is 0 Å². The predicted octanol–water partition coefficient (Wildman–Crippen LogP) is 4.18. The van der Waals surface area contributed by atoms with Crippen LogP contribution in [0.5, 0.6) is 11.8 Å². The van der Waals surface area contributed by atoms with Gasteiger partial charge in [-0.05, 0) is 34.7 Å². The molecule has 6 heteroatoms. The Hall–Kier alpha value is -0.590. The normalized spacial score (nSPS) is 10.2. The van der Waals surface area contributed by atoms with Crippen LogP contribution in [0.3, 0.4) is 0 Å². The summed E-state index contributed by atoms with van der Waals surface area (Å²) in [7, 11) is 0. The van der Waals surface area contributed by atoms with Crippen molar-refractivity contribution in [1.82, 2.24) is 9.97 Å². The maximum atomic E-state index is 5.85. The second kappa shape index (κ2) is 5.16. The van der Waals surface area contributed by atoms with Gasteiger partial charge in [0.15, 0.2) is 0 Å². The Kier molecular flexibility index (Phi) is 3.83. The lowest BCUT2D eigenvalue weighted by Gasteiger charge is -2.04. The summed E-state index contributed by atoms with van der Waals surface area (Å²) in [6.45, 7) is 0. The van der Waals surface area contributed by atoms with E-state index in [0.29, 0.717) is 15.8 Å². The summed E-state index contributed by atoms with van der Waals surface area (Å²) in [6.07, 6.45) is 3.33. The molecule has 1 aromatic carbocycles. The van der Waals surface area contributed by atoms with Gasteiger partial charge in [-0.25, -0.2) is 9.97 Å². The molecule has 2 rings (SSSR count). The van der Waals surface area contributed by atoms with Gasteiger partial charge < -0.3 is 4.74 Å². The second-order valence-corrected chi connectivity index (χ2v) is 4.92. The van der Waals surface area contributed by atoms with E-state index in [9.17, 15) is 0 Å². The lowest BCUT2D eigenvalue weighted by atomic mass is 10.3. The van der Waals surface area contributed by atoms with Gasteiger partial charge in [-0.15, -0.1) is 0 Å². The third-order valence-corrected chi connectivity index (χ3v) is 2.99. The number of aromatic nitrogens is 2. The number of benzene rings is 1. The summed E-state index contributed by atoms with van der Waals surface area (Å²) in [5.74, 6) is 0.551. The summed E-state index contributed by atoms with van der Waals surface area (Å²) in [5, 5.41) is 0.919. The molecule has 0 bridgehead atoms. The van der Waals surface area contributed by atoms with Gasteiger partial charge in [0.2, 0.25) is 0 Å². The van der Waals surface area contributed by atoms with Crippen LogP contribution in [0, 0.1) is 3.57 Å². The van der Waals surface area contributed by atoms with E-state index in [2.05, 4.69) is 32.6 Å². The molecule has 2 aromatic rings. The quantitative estimate of drug-likeness (QED) is 0.748. The van der Waals surface area contributed by atoms with Gasteiger partial charge in [0.25, 0.3) is 0 Å². The van der Waals surface area contributed by atoms with Crippen molar-refractivity contribution < 1.29 is 4.74 Å². The molecule has 3 nitrogen and oxygen atoms in total. The lowest BCUT2D eigenvalue weighted by molar-refractivity contribution is 0.441. The Morgan fingerprint density at radius 3 is 2.38 bits per heavy atom. The SMILES string of the molecule is Clc1ccc(Oc2ncc(I)cn2)cc1Cl. The zero-order valence-electron chi connectivity index (χ0n) is 7.82. The van der Waals surface area contributed by atoms with Gasteiger partial charge in [0, 0.05) is 22.0 Å². The Labute approximate surface area is 116 Å². The monoisotopic (exact) mass is 366 g/mol. The summed E-state index contributed by atoms with van der Waals surface area (Å²) in [4.78, 5) is 8.02. The largest absolute Gasteiger partial charge is 0.424 e. The first-order chi connectivity index (χ1) is 7.65. The van der Waals surface area contributed by atoms with E-state index in [1.54, 1.807) is 30.6 Å². The van der Waals surface area contributed by atoms with Crippen molar-refractivity contribution in [1.29, 1.82) is 0 Å². The maximum absolute atomic E-state index is 5.85. The molecule has 82 valence electrons. The van der Waals surface area contributed by atoms with E-state index in [1.807, 2.05) is 0 Å². The summed E-state index contributed by atoms with van der Waals surface area (Å²) >= 11 is 13.8. The fourth-order valence-corrected chi connectivity index (χ4v) is 1.57. The van der Waals surface area contributed by atoms with Crippen LogP contribution in [0.4, 0.5) is 0 Å². The van der Waals surface area contributed by atoms with Crippen LogP contribution in [-0.4, -0.2) is 9.97 Å². The van der Waals surface area contributed by atoms with Crippen LogP contribution in [0.25, 0.3) is 0 Å². The Morgan fingerprint density at radius 2 is 1.75 bits per heavy atom. The fourth-order valence-electron chi connectivity index (χ4n) is 0.999. The number of halogens is 3. The molecule has 0 aliphatic heterocycles. The third kappa shape index (κ3) is 2.96. The number of nitrogens with zero attached hydrogens (tertiary/aromatic N) is 2. The minimum absolute atomic E-state index is 0.277. The molecule has 1 heterocycles. The van der Waals surface area contributed by atoms with Crippen LogP contribution in [0.2, 0.25) is 10.0 Å². The van der Waals surface area contributed by atoms with Crippen molar-refractivity contribution in [3.63, 3.8) is 0 Å². The van der Waals surface area contributed by atoms with Crippen molar-refractivity contribution in [2.75, 3.05) is 0 Å². The van der Waals surface area contributed by atoms with Gasteiger partial charge in [0.05, 0.1) is 10.0 Å². The van der Waals surface area contributed by atoms with E-state index in [0.717, 1.165) is 3.57 Å². The number of ether oxygens (including phenoxy) is 1. The average molecular weight is 367 g/mol. The van der Waals surface area contributed by atoms with Crippen LogP contribution in [0.15, 0.2) is 30.6 Å². The van der Waals surface area contributed by atoms with Crippen LogP contribution in [-0.2, 0) is 0 Å². The molecule has 0 aliphatic carbocycles. The topological polar surface area (TPSA) is 35.0 Å². The smallest absolute Gasteiger partial charge is 0.321 e. The summed E-state index contributed by atoms with van der Waals surface area (Å²) in [6, 6.07) is 5.26. The predicted molar refractivity (Wildman–Crippen MR) is 71.3 cm³/mol. The Bertz CT molecular complexity index is 505. The molecule has 0 amide bonds. The first-order valence-corrected chi connectivity index (χ1v) is 6.09. The minimum atomic E-state index is 0.277. The van der Waals surface area contributed by atoms with Crippen molar-refractivity contribution >= 4 is 45.8 Å². The van der Waals surface area contributed by atoms with Crippen LogP contribution < -0.4 is 4.74 Å². The van der Waals surface area contributed by atoms with Crippen molar-refractivity contribution in [3.8, 4) is 11.8 Å². The molecule has 0 saturated carbocycles. The first kappa shape index (κ1) is 11.9. The third-order valence-electron chi connectivity index (χ3n) is 1.70. The van der Waals surface area contributed by atoms with Crippen molar-refractivity contribution in [3.05, 3.63) is 44.2 Å². The zero-order valence-corrected chi connectivity index (χ0v) is 11.5. The van der Waals surface area contributed by atoms with Gasteiger partial charge in [-0.3, -0.25) is 0 Å². The highest BCUT2D eigenvalue weighted by molar-refractivity contribution is 14.1. The van der Waals surface area contributed by atoms with Gasteiger partial charge in [-0.1, -0.05) is 23.2 Å². The molecule has 0 radical (unpaired) electrons. The van der Waals surface area contributed by atoms with E-state index in [-0.39, 0.29) is 6.01 Å². The molecule has 0 N–H and O–H groups in total. The molecule has 0 fully saturated rings. The molecule has 1 aromatic heterocycles. The summed E-state index contributed by atoms with van der Waals surface area (Å²) in [5.41, 5.74) is 0. The number of rotatable bonds is 2. The number of hydrogen-bond acceptors (Lipinski definition) is 3. The molecular formula is C10H5Cl2IN2O. The molecule has 0 aliphatic rings. The summed E-state index contributed by atoms with van der Waals surface area (Å²) < 4.78 is 6.34. The van der Waals surface area contributed by atoms with E-state index >= 15 is 0 Å². The van der Waals surface area contributed by atoms with Gasteiger partial charge in [-0.2, -0.15) is 0 Å². The highest BCUT2D eigenvalue weighted by Gasteiger charge is 2.03. The van der Waals surface area contributed by atoms with E-state index in [4.69, 9.17) is 27.9 Å². The highest BCUT2D eigenvalue weighted by atomic mass is 127. The van der Waals surface area contributed by atoms with Gasteiger partial charge >= 0.3 is 6.01 Å². The molecule has 0 unspecified atom stereocenters. The van der Waals surface area contributed by atoms with E-state index < -0.39 is 0 Å². The molecule has 0 spiro atoms. The van der Waals surface area contributed by atoms with Crippen LogP contribution in [0.1, 0.15) is 0 Å². The maximum Gasteiger partial charge on any atom is 0.321 e. The Balaban J connectivity index is 2.20. The fraction of sp³-hybridized carbons (Fsp3) is 0. The van der Waals surface area contributed by atoms with Gasteiger partial charge in [0.1, 0.15) is 5.75 Å². The molecular weight excluding hydrogens is 362 g/mol. The minimum Gasteiger partial charge on any atom is -0.424 e. The first-order valence-electron chi connectivity index (χ1n) is 4.25. The van der Waals surface area contributed by atoms with Crippen LogP contribution >= 0.6 is 45.8 Å². The standard InChI is InChI=1S/C10H5Cl2IN2O/c11-8-2-1-7(3-9(8)12)16-10-14-4-6(13)5-15-10/h1-5H. The second-order valence-electron chi connectivity index (χ2n) is 2.86. The average Bonchev–Trinajstić information content (AvgIpc) is 2.27. The molecule has 16 heavy (non-hydrogen) atoms. The Morgan fingerprint density at radius 1 is 1.06 bits per heavy atom. The highest BCUT2D eigenvalue weighted by Crippen LogP contribution is 2.28. The molecule has 0 saturated heterocycles. The van der Waals surface area contributed by atoms with E-state index in [1.165, 1.54) is 0 Å². The molecule has 0 atom stereocenters. The zero-order chi connectivity index (χ0) is 11.5. The number of hydrogen-bond donors (Lipinski definition) is 0.